The van der Waals surface area contributed by atoms with Crippen LogP contribution in [0.15, 0.2) is 36.6 Å². The molecule has 0 saturated heterocycles. The van der Waals surface area contributed by atoms with Gasteiger partial charge in [-0.2, -0.15) is 0 Å². The molecule has 0 saturated carbocycles. The third-order valence-electron chi connectivity index (χ3n) is 3.20. The van der Waals surface area contributed by atoms with Crippen LogP contribution in [-0.2, 0) is 17.6 Å². The lowest BCUT2D eigenvalue weighted by Gasteiger charge is -2.06. The van der Waals surface area contributed by atoms with Crippen LogP contribution in [0.4, 0.5) is 0 Å². The number of ether oxygens (including phenoxy) is 1. The average molecular weight is 246 g/mol. The summed E-state index contributed by atoms with van der Waals surface area (Å²) < 4.78 is 5.34. The van der Waals surface area contributed by atoms with Gasteiger partial charge in [-0.3, -0.25) is 0 Å². The maximum Gasteiger partial charge on any atom is 0.0888 e. The molecule has 1 aromatic carbocycles. The molecule has 1 aromatic rings. The first-order valence-corrected chi connectivity index (χ1v) is 7.14. The number of hydrogen-bond acceptors (Lipinski definition) is 1. The zero-order chi connectivity index (χ0) is 13.2. The smallest absolute Gasteiger partial charge is 0.0888 e. The summed E-state index contributed by atoms with van der Waals surface area (Å²) in [6.07, 6.45) is 7.01. The van der Waals surface area contributed by atoms with E-state index in [0.717, 1.165) is 25.2 Å². The predicted octanol–water partition coefficient (Wildman–Crippen LogP) is 4.90. The van der Waals surface area contributed by atoms with Crippen molar-refractivity contribution in [3.8, 4) is 0 Å². The van der Waals surface area contributed by atoms with E-state index < -0.39 is 0 Å². The minimum Gasteiger partial charge on any atom is -0.499 e. The molecular weight excluding hydrogens is 220 g/mol. The van der Waals surface area contributed by atoms with Crippen molar-refractivity contribution in [2.75, 3.05) is 6.61 Å². The molecule has 18 heavy (non-hydrogen) atoms. The van der Waals surface area contributed by atoms with E-state index >= 15 is 0 Å². The summed E-state index contributed by atoms with van der Waals surface area (Å²) in [6.45, 7) is 8.84. The van der Waals surface area contributed by atoms with E-state index in [-0.39, 0.29) is 0 Å². The van der Waals surface area contributed by atoms with E-state index in [1.807, 2.05) is 6.92 Å². The van der Waals surface area contributed by atoms with Crippen molar-refractivity contribution < 1.29 is 4.74 Å². The molecule has 0 heterocycles. The lowest BCUT2D eigenvalue weighted by molar-refractivity contribution is 0.218. The molecule has 1 rings (SSSR count). The highest BCUT2D eigenvalue weighted by Crippen LogP contribution is 2.12. The Balaban J connectivity index is 2.12. The quantitative estimate of drug-likeness (QED) is 0.445. The third-order valence-corrected chi connectivity index (χ3v) is 3.20. The van der Waals surface area contributed by atoms with Crippen molar-refractivity contribution >= 4 is 0 Å². The number of unbranched alkanes of at least 4 members (excludes halogenated alkanes) is 2. The molecule has 0 aliphatic carbocycles. The van der Waals surface area contributed by atoms with Crippen LogP contribution in [0.3, 0.4) is 0 Å². The zero-order valence-corrected chi connectivity index (χ0v) is 11.9. The van der Waals surface area contributed by atoms with Gasteiger partial charge in [0.25, 0.3) is 0 Å². The first kappa shape index (κ1) is 14.8. The summed E-state index contributed by atoms with van der Waals surface area (Å²) >= 11 is 0. The second-order valence-electron chi connectivity index (χ2n) is 4.70. The number of allylic oxidation sites excluding steroid dienone is 1. The molecule has 0 amide bonds. The first-order chi connectivity index (χ1) is 8.76. The molecular formula is C17H26O. The Kier molecular flexibility index (Phi) is 7.24. The minimum absolute atomic E-state index is 0.739. The Hall–Kier alpha value is -1.24. The predicted molar refractivity (Wildman–Crippen MR) is 78.8 cm³/mol. The maximum absolute atomic E-state index is 5.34. The number of benzene rings is 1. The van der Waals surface area contributed by atoms with Gasteiger partial charge < -0.3 is 4.74 Å². The van der Waals surface area contributed by atoms with Crippen molar-refractivity contribution in [2.24, 2.45) is 0 Å². The van der Waals surface area contributed by atoms with E-state index in [4.69, 9.17) is 4.74 Å². The second kappa shape index (κ2) is 8.79. The minimum atomic E-state index is 0.739. The van der Waals surface area contributed by atoms with Gasteiger partial charge in [-0.05, 0) is 43.7 Å². The van der Waals surface area contributed by atoms with Crippen LogP contribution in [0.5, 0.6) is 0 Å². The first-order valence-electron chi connectivity index (χ1n) is 7.14. The van der Waals surface area contributed by atoms with Crippen LogP contribution in [0, 0.1) is 0 Å². The van der Waals surface area contributed by atoms with Crippen LogP contribution in [-0.4, -0.2) is 6.61 Å². The molecule has 0 aromatic heterocycles. The molecule has 0 spiro atoms. The van der Waals surface area contributed by atoms with Gasteiger partial charge in [0.05, 0.1) is 12.4 Å². The third kappa shape index (κ3) is 5.90. The Morgan fingerprint density at radius 1 is 1.00 bits per heavy atom. The fourth-order valence-corrected chi connectivity index (χ4v) is 2.05. The Labute approximate surface area is 112 Å². The monoisotopic (exact) mass is 246 g/mol. The van der Waals surface area contributed by atoms with Crippen molar-refractivity contribution in [3.63, 3.8) is 0 Å². The number of hydrogen-bond donors (Lipinski definition) is 0. The maximum atomic E-state index is 5.34. The van der Waals surface area contributed by atoms with Crippen molar-refractivity contribution in [1.82, 2.24) is 0 Å². The van der Waals surface area contributed by atoms with Crippen LogP contribution < -0.4 is 0 Å². The fourth-order valence-electron chi connectivity index (χ4n) is 2.05. The van der Waals surface area contributed by atoms with E-state index in [1.165, 1.54) is 36.8 Å². The molecule has 0 unspecified atom stereocenters. The zero-order valence-electron chi connectivity index (χ0n) is 11.9. The van der Waals surface area contributed by atoms with Gasteiger partial charge in [-0.15, -0.1) is 0 Å². The molecule has 0 N–H and O–H groups in total. The summed E-state index contributed by atoms with van der Waals surface area (Å²) in [4.78, 5) is 0. The second-order valence-corrected chi connectivity index (χ2v) is 4.70. The highest BCUT2D eigenvalue weighted by Gasteiger charge is 1.97. The Bertz CT molecular complexity index is 337. The molecule has 0 aliphatic heterocycles. The van der Waals surface area contributed by atoms with E-state index in [1.54, 1.807) is 0 Å². The van der Waals surface area contributed by atoms with Gasteiger partial charge in [0.15, 0.2) is 0 Å². The SMILES string of the molecule is C=C(CCCCCc1ccc(CC)cc1)OCC. The van der Waals surface area contributed by atoms with Crippen molar-refractivity contribution in [3.05, 3.63) is 47.7 Å². The molecule has 100 valence electrons. The van der Waals surface area contributed by atoms with Crippen LogP contribution in [0.1, 0.15) is 50.7 Å². The molecule has 0 fully saturated rings. The Morgan fingerprint density at radius 2 is 1.67 bits per heavy atom. The number of rotatable bonds is 9. The molecule has 0 atom stereocenters. The molecule has 0 radical (unpaired) electrons. The fraction of sp³-hybridized carbons (Fsp3) is 0.529. The molecule has 0 bridgehead atoms. The van der Waals surface area contributed by atoms with Crippen LogP contribution >= 0.6 is 0 Å². The summed E-state index contributed by atoms with van der Waals surface area (Å²) in [5.74, 6) is 0.935. The van der Waals surface area contributed by atoms with E-state index in [2.05, 4.69) is 37.8 Å². The highest BCUT2D eigenvalue weighted by molar-refractivity contribution is 5.22. The molecule has 1 heteroatoms. The van der Waals surface area contributed by atoms with E-state index in [9.17, 15) is 0 Å². The Morgan fingerprint density at radius 3 is 2.28 bits per heavy atom. The lowest BCUT2D eigenvalue weighted by atomic mass is 10.0. The van der Waals surface area contributed by atoms with Gasteiger partial charge in [0.2, 0.25) is 0 Å². The standard InChI is InChI=1S/C17H26O/c1-4-16-11-13-17(14-12-16)10-8-6-7-9-15(3)18-5-2/h11-14H,3-10H2,1-2H3. The topological polar surface area (TPSA) is 9.23 Å². The number of aryl methyl sites for hydroxylation is 2. The van der Waals surface area contributed by atoms with Gasteiger partial charge in [-0.25, -0.2) is 0 Å². The van der Waals surface area contributed by atoms with Gasteiger partial charge in [0, 0.05) is 6.42 Å². The van der Waals surface area contributed by atoms with Crippen molar-refractivity contribution in [2.45, 2.75) is 52.4 Å². The normalized spacial score (nSPS) is 10.3. The van der Waals surface area contributed by atoms with E-state index in [0.29, 0.717) is 0 Å². The van der Waals surface area contributed by atoms with Crippen LogP contribution in [0.25, 0.3) is 0 Å². The largest absolute Gasteiger partial charge is 0.499 e. The summed E-state index contributed by atoms with van der Waals surface area (Å²) in [5, 5.41) is 0. The summed E-state index contributed by atoms with van der Waals surface area (Å²) in [6, 6.07) is 9.01. The lowest BCUT2D eigenvalue weighted by Crippen LogP contribution is -1.91. The highest BCUT2D eigenvalue weighted by atomic mass is 16.5. The average Bonchev–Trinajstić information content (AvgIpc) is 2.39. The van der Waals surface area contributed by atoms with Crippen LogP contribution in [0.2, 0.25) is 0 Å². The molecule has 1 nitrogen and oxygen atoms in total. The summed E-state index contributed by atoms with van der Waals surface area (Å²) in [5.41, 5.74) is 2.88. The molecule has 0 aliphatic rings. The van der Waals surface area contributed by atoms with Gasteiger partial charge >= 0.3 is 0 Å². The van der Waals surface area contributed by atoms with Gasteiger partial charge in [-0.1, -0.05) is 44.2 Å². The van der Waals surface area contributed by atoms with Gasteiger partial charge in [0.1, 0.15) is 0 Å². The van der Waals surface area contributed by atoms with Crippen molar-refractivity contribution in [1.29, 1.82) is 0 Å². The summed E-state index contributed by atoms with van der Waals surface area (Å²) in [7, 11) is 0.